The van der Waals surface area contributed by atoms with E-state index in [9.17, 15) is 8.78 Å². The summed E-state index contributed by atoms with van der Waals surface area (Å²) in [7, 11) is 0. The van der Waals surface area contributed by atoms with E-state index < -0.39 is 11.6 Å². The lowest BCUT2D eigenvalue weighted by molar-refractivity contribution is 0.212. The second-order valence-electron chi connectivity index (χ2n) is 8.62. The topological polar surface area (TPSA) is 0 Å². The van der Waals surface area contributed by atoms with E-state index in [1.165, 1.54) is 25.7 Å². The molecule has 0 N–H and O–H groups in total. The molecule has 0 aliphatic heterocycles. The van der Waals surface area contributed by atoms with E-state index in [1.54, 1.807) is 12.1 Å². The van der Waals surface area contributed by atoms with Crippen LogP contribution in [0.25, 0.3) is 16.7 Å². The normalized spacial score (nSPS) is 25.2. The standard InChI is InChI=1S/C27H30F2/c1-2-6-19-9-11-20(12-10-19)21-13-15-23(16-14-21)25-18-17-24(26(28)27(25)29)22-7-4-3-5-8-22/h2-8,15,17-21H,9-14,16H2,1H3/b6-2+. The van der Waals surface area contributed by atoms with Crippen molar-refractivity contribution in [3.05, 3.63) is 77.9 Å². The Morgan fingerprint density at radius 1 is 0.793 bits per heavy atom. The summed E-state index contributed by atoms with van der Waals surface area (Å²) in [5, 5.41) is 0. The molecule has 0 amide bonds. The van der Waals surface area contributed by atoms with Crippen LogP contribution in [0.3, 0.4) is 0 Å². The van der Waals surface area contributed by atoms with Crippen LogP contribution < -0.4 is 0 Å². The van der Waals surface area contributed by atoms with Gasteiger partial charge >= 0.3 is 0 Å². The molecule has 1 saturated carbocycles. The summed E-state index contributed by atoms with van der Waals surface area (Å²) in [6.07, 6.45) is 14.8. The van der Waals surface area contributed by atoms with E-state index in [0.717, 1.165) is 36.7 Å². The number of hydrogen-bond donors (Lipinski definition) is 0. The average molecular weight is 393 g/mol. The molecule has 0 nitrogen and oxygen atoms in total. The Balaban J connectivity index is 1.46. The van der Waals surface area contributed by atoms with Crippen molar-refractivity contribution < 1.29 is 8.78 Å². The van der Waals surface area contributed by atoms with Crippen molar-refractivity contribution in [2.75, 3.05) is 0 Å². The highest BCUT2D eigenvalue weighted by molar-refractivity contribution is 5.72. The smallest absolute Gasteiger partial charge is 0.167 e. The minimum Gasteiger partial charge on any atom is -0.203 e. The molecule has 2 aliphatic rings. The monoisotopic (exact) mass is 392 g/mol. The number of rotatable bonds is 4. The summed E-state index contributed by atoms with van der Waals surface area (Å²) in [4.78, 5) is 0. The number of hydrogen-bond acceptors (Lipinski definition) is 0. The molecule has 0 aromatic heterocycles. The number of allylic oxidation sites excluding steroid dienone is 4. The summed E-state index contributed by atoms with van der Waals surface area (Å²) in [6.45, 7) is 2.11. The van der Waals surface area contributed by atoms with Crippen LogP contribution in [0.4, 0.5) is 8.78 Å². The highest BCUT2D eigenvalue weighted by atomic mass is 19.2. The van der Waals surface area contributed by atoms with Crippen molar-refractivity contribution >= 4 is 5.57 Å². The van der Waals surface area contributed by atoms with Gasteiger partial charge in [-0.05, 0) is 80.8 Å². The zero-order valence-electron chi connectivity index (χ0n) is 17.2. The molecule has 2 aromatic rings. The largest absolute Gasteiger partial charge is 0.203 e. The molecular weight excluding hydrogens is 362 g/mol. The summed E-state index contributed by atoms with van der Waals surface area (Å²) in [6, 6.07) is 12.7. The third-order valence-electron chi connectivity index (χ3n) is 6.91. The van der Waals surface area contributed by atoms with Crippen molar-refractivity contribution in [3.8, 4) is 11.1 Å². The lowest BCUT2D eigenvalue weighted by Crippen LogP contribution is -2.22. The van der Waals surface area contributed by atoms with Crippen LogP contribution in [-0.4, -0.2) is 0 Å². The quantitative estimate of drug-likeness (QED) is 0.460. The molecule has 152 valence electrons. The first-order valence-electron chi connectivity index (χ1n) is 11.0. The van der Waals surface area contributed by atoms with Crippen LogP contribution >= 0.6 is 0 Å². The summed E-state index contributed by atoms with van der Waals surface area (Å²) < 4.78 is 29.6. The van der Waals surface area contributed by atoms with Crippen LogP contribution in [0.5, 0.6) is 0 Å². The van der Waals surface area contributed by atoms with Crippen molar-refractivity contribution in [1.82, 2.24) is 0 Å². The van der Waals surface area contributed by atoms with Crippen molar-refractivity contribution in [3.63, 3.8) is 0 Å². The minimum atomic E-state index is -0.737. The molecule has 0 bridgehead atoms. The molecular formula is C27H30F2. The highest BCUT2D eigenvalue weighted by Gasteiger charge is 2.29. The van der Waals surface area contributed by atoms with Crippen molar-refractivity contribution in [1.29, 1.82) is 0 Å². The second-order valence-corrected chi connectivity index (χ2v) is 8.62. The van der Waals surface area contributed by atoms with Gasteiger partial charge in [-0.2, -0.15) is 0 Å². The van der Waals surface area contributed by atoms with E-state index in [2.05, 4.69) is 25.2 Å². The van der Waals surface area contributed by atoms with E-state index >= 15 is 0 Å². The van der Waals surface area contributed by atoms with Gasteiger partial charge in [0.05, 0.1) is 0 Å². The minimum absolute atomic E-state index is 0.332. The zero-order chi connectivity index (χ0) is 20.2. The van der Waals surface area contributed by atoms with Crippen LogP contribution in [0, 0.1) is 29.4 Å². The Morgan fingerprint density at radius 3 is 2.14 bits per heavy atom. The first-order valence-corrected chi connectivity index (χ1v) is 11.0. The third-order valence-corrected chi connectivity index (χ3v) is 6.91. The van der Waals surface area contributed by atoms with Gasteiger partial charge in [-0.25, -0.2) is 8.78 Å². The number of benzene rings is 2. The van der Waals surface area contributed by atoms with Crippen LogP contribution in [0.1, 0.15) is 57.4 Å². The van der Waals surface area contributed by atoms with Gasteiger partial charge in [0.2, 0.25) is 0 Å². The van der Waals surface area contributed by atoms with Gasteiger partial charge in [0.25, 0.3) is 0 Å². The predicted octanol–water partition coefficient (Wildman–Crippen LogP) is 8.20. The Bertz CT molecular complexity index is 886. The third kappa shape index (κ3) is 4.37. The maximum absolute atomic E-state index is 14.9. The van der Waals surface area contributed by atoms with Gasteiger partial charge in [0, 0.05) is 11.1 Å². The Labute approximate surface area is 173 Å². The summed E-state index contributed by atoms with van der Waals surface area (Å²) in [5.41, 5.74) is 2.46. The summed E-state index contributed by atoms with van der Waals surface area (Å²) in [5.74, 6) is 0.797. The van der Waals surface area contributed by atoms with Crippen LogP contribution in [0.2, 0.25) is 0 Å². The van der Waals surface area contributed by atoms with E-state index in [-0.39, 0.29) is 0 Å². The van der Waals surface area contributed by atoms with Gasteiger partial charge in [-0.1, -0.05) is 60.7 Å². The first-order chi connectivity index (χ1) is 14.2. The van der Waals surface area contributed by atoms with Gasteiger partial charge in [0.1, 0.15) is 0 Å². The maximum atomic E-state index is 14.9. The predicted molar refractivity (Wildman–Crippen MR) is 117 cm³/mol. The van der Waals surface area contributed by atoms with Crippen molar-refractivity contribution in [2.45, 2.75) is 51.9 Å². The molecule has 1 unspecified atom stereocenters. The molecule has 0 radical (unpaired) electrons. The fraction of sp³-hybridized carbons (Fsp3) is 0.407. The zero-order valence-corrected chi connectivity index (χ0v) is 17.2. The molecule has 2 aromatic carbocycles. The van der Waals surface area contributed by atoms with Crippen molar-refractivity contribution in [2.24, 2.45) is 17.8 Å². The fourth-order valence-corrected chi connectivity index (χ4v) is 5.25. The lowest BCUT2D eigenvalue weighted by atomic mass is 9.71. The molecule has 2 heteroatoms. The van der Waals surface area contributed by atoms with Gasteiger partial charge in [-0.3, -0.25) is 0 Å². The molecule has 4 rings (SSSR count). The fourth-order valence-electron chi connectivity index (χ4n) is 5.25. The molecule has 0 heterocycles. The number of halogens is 2. The lowest BCUT2D eigenvalue weighted by Gasteiger charge is -2.35. The van der Waals surface area contributed by atoms with E-state index in [1.807, 2.05) is 30.3 Å². The average Bonchev–Trinajstić information content (AvgIpc) is 2.77. The highest BCUT2D eigenvalue weighted by Crippen LogP contribution is 2.42. The first kappa shape index (κ1) is 20.1. The van der Waals surface area contributed by atoms with Crippen LogP contribution in [0.15, 0.2) is 60.7 Å². The Kier molecular flexibility index (Phi) is 6.28. The molecule has 29 heavy (non-hydrogen) atoms. The maximum Gasteiger partial charge on any atom is 0.167 e. The second kappa shape index (κ2) is 9.07. The van der Waals surface area contributed by atoms with E-state index in [0.29, 0.717) is 22.6 Å². The van der Waals surface area contributed by atoms with Crippen LogP contribution in [-0.2, 0) is 0 Å². The SMILES string of the molecule is C/C=C/C1CCC(C2CC=C(c3ccc(-c4ccccc4)c(F)c3F)CC2)CC1. The Morgan fingerprint density at radius 2 is 1.48 bits per heavy atom. The molecule has 1 fully saturated rings. The summed E-state index contributed by atoms with van der Waals surface area (Å²) >= 11 is 0. The van der Waals surface area contributed by atoms with E-state index in [4.69, 9.17) is 0 Å². The molecule has 1 atom stereocenters. The van der Waals surface area contributed by atoms with Gasteiger partial charge < -0.3 is 0 Å². The van der Waals surface area contributed by atoms with Gasteiger partial charge in [0.15, 0.2) is 11.6 Å². The molecule has 0 spiro atoms. The molecule has 2 aliphatic carbocycles. The molecule has 0 saturated heterocycles. The Hall–Kier alpha value is -2.22. The van der Waals surface area contributed by atoms with Gasteiger partial charge in [-0.15, -0.1) is 0 Å².